The van der Waals surface area contributed by atoms with Crippen molar-refractivity contribution >= 4 is 21.8 Å². The third-order valence-corrected chi connectivity index (χ3v) is 5.61. The summed E-state index contributed by atoms with van der Waals surface area (Å²) in [7, 11) is 0.695. The number of benzene rings is 2. The van der Waals surface area contributed by atoms with Crippen LogP contribution < -0.4 is 24.2 Å². The van der Waals surface area contributed by atoms with Gasteiger partial charge in [0.15, 0.2) is 11.5 Å². The molecule has 2 rings (SSSR count). The number of hydrogen-bond acceptors (Lipinski definition) is 7. The number of carbonyl (C=O) groups excluding carboxylic acids is 1. The van der Waals surface area contributed by atoms with Crippen LogP contribution in [0.1, 0.15) is 12.5 Å². The molecule has 30 heavy (non-hydrogen) atoms. The van der Waals surface area contributed by atoms with Crippen LogP contribution in [0.5, 0.6) is 17.2 Å². The molecule has 2 aromatic carbocycles. The minimum atomic E-state index is -3.81. The summed E-state index contributed by atoms with van der Waals surface area (Å²) in [5.41, 5.74) is 1.08. The van der Waals surface area contributed by atoms with E-state index in [1.165, 1.54) is 32.4 Å². The second kappa shape index (κ2) is 10.7. The fourth-order valence-corrected chi connectivity index (χ4v) is 3.74. The number of sulfonamides is 1. The van der Waals surface area contributed by atoms with Crippen molar-refractivity contribution in [1.82, 2.24) is 4.72 Å². The Labute approximate surface area is 176 Å². The third-order valence-electron chi connectivity index (χ3n) is 4.15. The van der Waals surface area contributed by atoms with Crippen LogP contribution in [0.25, 0.3) is 0 Å². The summed E-state index contributed by atoms with van der Waals surface area (Å²) in [4.78, 5) is 11.7. The zero-order valence-corrected chi connectivity index (χ0v) is 18.2. The van der Waals surface area contributed by atoms with Gasteiger partial charge in [0.05, 0.1) is 38.5 Å². The lowest BCUT2D eigenvalue weighted by molar-refractivity contribution is 0.168. The van der Waals surface area contributed by atoms with Crippen LogP contribution in [0.2, 0.25) is 0 Å². The lowest BCUT2D eigenvalue weighted by Gasteiger charge is -2.13. The Hall–Kier alpha value is -2.98. The lowest BCUT2D eigenvalue weighted by Crippen LogP contribution is -2.26. The quantitative estimate of drug-likeness (QED) is 0.587. The van der Waals surface area contributed by atoms with E-state index in [0.717, 1.165) is 5.56 Å². The highest BCUT2D eigenvalue weighted by atomic mass is 32.2. The van der Waals surface area contributed by atoms with Gasteiger partial charge in [0.25, 0.3) is 0 Å². The molecule has 1 amide bonds. The summed E-state index contributed by atoms with van der Waals surface area (Å²) in [6.07, 6.45) is -0.254. The van der Waals surface area contributed by atoms with Crippen molar-refractivity contribution in [3.8, 4) is 17.2 Å². The summed E-state index contributed by atoms with van der Waals surface area (Å²) >= 11 is 0. The van der Waals surface area contributed by atoms with Gasteiger partial charge in [0, 0.05) is 6.54 Å². The van der Waals surface area contributed by atoms with E-state index in [4.69, 9.17) is 18.9 Å². The first-order chi connectivity index (χ1) is 14.3. The van der Waals surface area contributed by atoms with E-state index >= 15 is 0 Å². The van der Waals surface area contributed by atoms with Crippen molar-refractivity contribution in [2.45, 2.75) is 18.2 Å². The zero-order valence-electron chi connectivity index (χ0n) is 17.4. The van der Waals surface area contributed by atoms with Gasteiger partial charge >= 0.3 is 6.09 Å². The van der Waals surface area contributed by atoms with Crippen LogP contribution in [0.3, 0.4) is 0 Å². The molecule has 2 N–H and O–H groups in total. The van der Waals surface area contributed by atoms with Gasteiger partial charge in [-0.25, -0.2) is 17.9 Å². The Bertz CT molecular complexity index is 977. The fraction of sp³-hybridized carbons (Fsp3) is 0.350. The van der Waals surface area contributed by atoms with Crippen molar-refractivity contribution in [3.63, 3.8) is 0 Å². The molecular weight excluding hydrogens is 412 g/mol. The largest absolute Gasteiger partial charge is 0.495 e. The van der Waals surface area contributed by atoms with Crippen LogP contribution in [-0.4, -0.2) is 49.0 Å². The van der Waals surface area contributed by atoms with Crippen molar-refractivity contribution in [1.29, 1.82) is 0 Å². The van der Waals surface area contributed by atoms with E-state index in [1.807, 2.05) is 6.07 Å². The molecule has 0 aromatic heterocycles. The minimum Gasteiger partial charge on any atom is -0.495 e. The topological polar surface area (TPSA) is 112 Å². The Morgan fingerprint density at radius 3 is 2.23 bits per heavy atom. The van der Waals surface area contributed by atoms with Crippen molar-refractivity contribution < 1.29 is 32.2 Å². The molecule has 0 bridgehead atoms. The predicted octanol–water partition coefficient (Wildman–Crippen LogP) is 2.80. The van der Waals surface area contributed by atoms with E-state index in [1.54, 1.807) is 26.2 Å². The monoisotopic (exact) mass is 438 g/mol. The van der Waals surface area contributed by atoms with Crippen LogP contribution in [0, 0.1) is 0 Å². The number of nitrogens with one attached hydrogen (secondary N) is 2. The molecule has 0 fully saturated rings. The molecule has 0 saturated carbocycles. The van der Waals surface area contributed by atoms with Gasteiger partial charge < -0.3 is 18.9 Å². The maximum absolute atomic E-state index is 12.7. The van der Waals surface area contributed by atoms with E-state index in [2.05, 4.69) is 10.0 Å². The molecule has 10 heteroatoms. The van der Waals surface area contributed by atoms with Gasteiger partial charge in [-0.3, -0.25) is 5.32 Å². The summed E-state index contributed by atoms with van der Waals surface area (Å²) in [6, 6.07) is 9.57. The molecule has 0 spiro atoms. The number of hydrogen-bond donors (Lipinski definition) is 2. The smallest absolute Gasteiger partial charge is 0.411 e. The average Bonchev–Trinajstić information content (AvgIpc) is 2.73. The summed E-state index contributed by atoms with van der Waals surface area (Å²) in [6.45, 7) is 2.02. The standard InChI is InChI=1S/C20H26N2O7S/c1-5-29-20(23)22-16-13-15(7-9-17(16)26-2)30(24,25)21-11-10-14-6-8-18(27-3)19(12-14)28-4/h6-9,12-13,21H,5,10-11H2,1-4H3,(H,22,23). The molecular formula is C20H26N2O7S. The number of ether oxygens (including phenoxy) is 4. The SMILES string of the molecule is CCOC(=O)Nc1cc(S(=O)(=O)NCCc2ccc(OC)c(OC)c2)ccc1OC. The van der Waals surface area contributed by atoms with Crippen molar-refractivity contribution in [3.05, 3.63) is 42.0 Å². The highest BCUT2D eigenvalue weighted by Crippen LogP contribution is 2.29. The molecule has 0 saturated heterocycles. The van der Waals surface area contributed by atoms with Gasteiger partial charge in [-0.15, -0.1) is 0 Å². The minimum absolute atomic E-state index is 0.0117. The maximum Gasteiger partial charge on any atom is 0.411 e. The van der Waals surface area contributed by atoms with Gasteiger partial charge in [0.1, 0.15) is 5.75 Å². The summed E-state index contributed by atoms with van der Waals surface area (Å²) < 4.78 is 48.3. The first kappa shape index (κ1) is 23.3. The van der Waals surface area contributed by atoms with E-state index in [0.29, 0.717) is 23.7 Å². The van der Waals surface area contributed by atoms with Crippen molar-refractivity contribution in [2.24, 2.45) is 0 Å². The van der Waals surface area contributed by atoms with Crippen LogP contribution in [0.15, 0.2) is 41.3 Å². The number of anilines is 1. The highest BCUT2D eigenvalue weighted by Gasteiger charge is 2.18. The number of rotatable bonds is 10. The first-order valence-electron chi connectivity index (χ1n) is 9.17. The molecule has 2 aromatic rings. The summed E-state index contributed by atoms with van der Waals surface area (Å²) in [5.74, 6) is 1.48. The second-order valence-corrected chi connectivity index (χ2v) is 7.81. The van der Waals surface area contributed by atoms with E-state index < -0.39 is 16.1 Å². The number of carbonyl (C=O) groups is 1. The summed E-state index contributed by atoms with van der Waals surface area (Å²) in [5, 5.41) is 2.48. The Kier molecular flexibility index (Phi) is 8.31. The van der Waals surface area contributed by atoms with E-state index in [9.17, 15) is 13.2 Å². The zero-order chi connectivity index (χ0) is 22.1. The lowest BCUT2D eigenvalue weighted by atomic mass is 10.1. The number of amides is 1. The maximum atomic E-state index is 12.7. The van der Waals surface area contributed by atoms with Gasteiger partial charge in [-0.05, 0) is 49.2 Å². The Morgan fingerprint density at radius 2 is 1.60 bits per heavy atom. The highest BCUT2D eigenvalue weighted by molar-refractivity contribution is 7.89. The molecule has 9 nitrogen and oxygen atoms in total. The number of methoxy groups -OCH3 is 3. The molecule has 0 radical (unpaired) electrons. The molecule has 0 atom stereocenters. The van der Waals surface area contributed by atoms with Crippen LogP contribution in [-0.2, 0) is 21.2 Å². The Morgan fingerprint density at radius 1 is 0.933 bits per heavy atom. The van der Waals surface area contributed by atoms with Crippen molar-refractivity contribution in [2.75, 3.05) is 39.8 Å². The third kappa shape index (κ3) is 6.01. The van der Waals surface area contributed by atoms with E-state index in [-0.39, 0.29) is 23.7 Å². The second-order valence-electron chi connectivity index (χ2n) is 6.04. The van der Waals surface area contributed by atoms with Gasteiger partial charge in [-0.1, -0.05) is 6.07 Å². The Balaban J connectivity index is 2.10. The van der Waals surface area contributed by atoms with Gasteiger partial charge in [0.2, 0.25) is 10.0 Å². The first-order valence-corrected chi connectivity index (χ1v) is 10.6. The van der Waals surface area contributed by atoms with Gasteiger partial charge in [-0.2, -0.15) is 0 Å². The van der Waals surface area contributed by atoms with Crippen LogP contribution >= 0.6 is 0 Å². The molecule has 0 aliphatic heterocycles. The normalized spacial score (nSPS) is 10.9. The fourth-order valence-electron chi connectivity index (χ4n) is 2.68. The van der Waals surface area contributed by atoms with Crippen LogP contribution in [0.4, 0.5) is 10.5 Å². The average molecular weight is 439 g/mol. The molecule has 0 aliphatic carbocycles. The molecule has 0 aliphatic rings. The molecule has 0 heterocycles. The molecule has 0 unspecified atom stereocenters. The molecule has 164 valence electrons. The predicted molar refractivity (Wildman–Crippen MR) is 112 cm³/mol.